The van der Waals surface area contributed by atoms with Crippen LogP contribution in [0, 0.1) is 0 Å². The van der Waals surface area contributed by atoms with E-state index in [1.807, 2.05) is 18.2 Å². The molecule has 0 aliphatic heterocycles. The van der Waals surface area contributed by atoms with E-state index in [0.29, 0.717) is 11.6 Å². The van der Waals surface area contributed by atoms with E-state index < -0.39 is 0 Å². The van der Waals surface area contributed by atoms with Gasteiger partial charge in [-0.1, -0.05) is 26.0 Å². The molecule has 0 spiro atoms. The van der Waals surface area contributed by atoms with Crippen molar-refractivity contribution in [2.45, 2.75) is 25.8 Å². The molecule has 0 fully saturated rings. The predicted molar refractivity (Wildman–Crippen MR) is 59.0 cm³/mol. The first-order chi connectivity index (χ1) is 6.56. The van der Waals surface area contributed by atoms with E-state index in [-0.39, 0.29) is 12.6 Å². The van der Waals surface area contributed by atoms with Crippen molar-refractivity contribution in [1.29, 1.82) is 0 Å². The van der Waals surface area contributed by atoms with Gasteiger partial charge in [-0.3, -0.25) is 0 Å². The number of hydrogen-bond acceptors (Lipinski definition) is 3. The number of benzene rings is 1. The molecular formula is C11H18N2O. The topological polar surface area (TPSA) is 72.3 Å². The first-order valence-corrected chi connectivity index (χ1v) is 4.82. The number of nitrogen functional groups attached to an aromatic ring is 1. The van der Waals surface area contributed by atoms with Gasteiger partial charge >= 0.3 is 0 Å². The summed E-state index contributed by atoms with van der Waals surface area (Å²) in [7, 11) is 0. The number of hydrogen-bond donors (Lipinski definition) is 3. The molecule has 1 aromatic rings. The second-order valence-electron chi connectivity index (χ2n) is 3.83. The quantitative estimate of drug-likeness (QED) is 0.636. The fourth-order valence-corrected chi connectivity index (χ4v) is 1.37. The minimum absolute atomic E-state index is 0.0776. The lowest BCUT2D eigenvalue weighted by molar-refractivity contribution is 0.268. The van der Waals surface area contributed by atoms with Crippen molar-refractivity contribution in [3.05, 3.63) is 29.3 Å². The Morgan fingerprint density at radius 3 is 2.50 bits per heavy atom. The largest absolute Gasteiger partial charge is 0.398 e. The summed E-state index contributed by atoms with van der Waals surface area (Å²) in [4.78, 5) is 0. The molecule has 0 saturated carbocycles. The van der Waals surface area contributed by atoms with E-state index in [0.717, 1.165) is 5.56 Å². The third-order valence-electron chi connectivity index (χ3n) is 2.37. The zero-order valence-corrected chi connectivity index (χ0v) is 8.70. The number of aliphatic hydroxyl groups is 1. The average Bonchev–Trinajstić information content (AvgIpc) is 2.17. The van der Waals surface area contributed by atoms with Gasteiger partial charge in [-0.25, -0.2) is 0 Å². The second kappa shape index (κ2) is 4.44. The Morgan fingerprint density at radius 1 is 1.36 bits per heavy atom. The van der Waals surface area contributed by atoms with Gasteiger partial charge in [-0.15, -0.1) is 0 Å². The van der Waals surface area contributed by atoms with Crippen LogP contribution in [0.1, 0.15) is 36.9 Å². The number of rotatable bonds is 3. The molecule has 0 saturated heterocycles. The van der Waals surface area contributed by atoms with E-state index >= 15 is 0 Å². The maximum absolute atomic E-state index is 8.96. The maximum Gasteiger partial charge on any atom is 0.0625 e. The Hall–Kier alpha value is -1.06. The van der Waals surface area contributed by atoms with Gasteiger partial charge in [0.2, 0.25) is 0 Å². The summed E-state index contributed by atoms with van der Waals surface area (Å²) in [6.07, 6.45) is 0. The minimum atomic E-state index is -0.381. The summed E-state index contributed by atoms with van der Waals surface area (Å²) in [6.45, 7) is 4.14. The van der Waals surface area contributed by atoms with E-state index in [1.54, 1.807) is 0 Å². The highest BCUT2D eigenvalue weighted by atomic mass is 16.3. The number of nitrogens with two attached hydrogens (primary N) is 2. The molecule has 1 rings (SSSR count). The molecule has 0 bridgehead atoms. The third-order valence-corrected chi connectivity index (χ3v) is 2.37. The molecule has 0 heterocycles. The van der Waals surface area contributed by atoms with Crippen molar-refractivity contribution in [1.82, 2.24) is 0 Å². The predicted octanol–water partition coefficient (Wildman–Crippen LogP) is 1.38. The fraction of sp³-hybridized carbons (Fsp3) is 0.455. The van der Waals surface area contributed by atoms with Gasteiger partial charge in [0.1, 0.15) is 0 Å². The van der Waals surface area contributed by atoms with Crippen LogP contribution in [-0.2, 0) is 0 Å². The summed E-state index contributed by atoms with van der Waals surface area (Å²) in [5, 5.41) is 8.96. The van der Waals surface area contributed by atoms with Gasteiger partial charge in [0.15, 0.2) is 0 Å². The fourth-order valence-electron chi connectivity index (χ4n) is 1.37. The number of anilines is 1. The van der Waals surface area contributed by atoms with Gasteiger partial charge in [0.25, 0.3) is 0 Å². The van der Waals surface area contributed by atoms with E-state index in [1.165, 1.54) is 5.56 Å². The first-order valence-electron chi connectivity index (χ1n) is 4.82. The summed E-state index contributed by atoms with van der Waals surface area (Å²) in [5.74, 6) is 0.445. The van der Waals surface area contributed by atoms with E-state index in [9.17, 15) is 0 Å². The van der Waals surface area contributed by atoms with E-state index in [4.69, 9.17) is 16.6 Å². The van der Waals surface area contributed by atoms with Gasteiger partial charge < -0.3 is 16.6 Å². The molecule has 0 unspecified atom stereocenters. The van der Waals surface area contributed by atoms with Crippen molar-refractivity contribution in [3.63, 3.8) is 0 Å². The Balaban J connectivity index is 3.08. The molecule has 14 heavy (non-hydrogen) atoms. The van der Waals surface area contributed by atoms with Crippen LogP contribution in [0.5, 0.6) is 0 Å². The Bertz CT molecular complexity index is 310. The molecule has 0 aromatic heterocycles. The molecule has 3 heteroatoms. The van der Waals surface area contributed by atoms with Gasteiger partial charge in [0.05, 0.1) is 12.6 Å². The molecule has 0 aliphatic rings. The molecule has 1 aromatic carbocycles. The summed E-state index contributed by atoms with van der Waals surface area (Å²) in [6, 6.07) is 5.43. The van der Waals surface area contributed by atoms with Crippen LogP contribution in [0.25, 0.3) is 0 Å². The maximum atomic E-state index is 8.96. The monoisotopic (exact) mass is 194 g/mol. The highest BCUT2D eigenvalue weighted by molar-refractivity contribution is 5.50. The van der Waals surface area contributed by atoms with Crippen LogP contribution in [0.3, 0.4) is 0 Å². The van der Waals surface area contributed by atoms with Gasteiger partial charge in [0, 0.05) is 5.69 Å². The zero-order chi connectivity index (χ0) is 10.7. The van der Waals surface area contributed by atoms with Crippen molar-refractivity contribution in [2.75, 3.05) is 12.3 Å². The first kappa shape index (κ1) is 11.0. The van der Waals surface area contributed by atoms with Crippen LogP contribution >= 0.6 is 0 Å². The molecule has 78 valence electrons. The molecular weight excluding hydrogens is 176 g/mol. The molecule has 0 amide bonds. The smallest absolute Gasteiger partial charge is 0.0625 e. The van der Waals surface area contributed by atoms with Crippen LogP contribution < -0.4 is 11.5 Å². The van der Waals surface area contributed by atoms with Crippen LogP contribution in [0.15, 0.2) is 18.2 Å². The molecule has 0 radical (unpaired) electrons. The molecule has 3 nitrogen and oxygen atoms in total. The Kier molecular flexibility index (Phi) is 3.49. The third kappa shape index (κ3) is 2.25. The standard InChI is InChI=1S/C11H18N2O/c1-7(2)8-3-4-10(12)9(5-8)11(13)6-14/h3-5,7,11,14H,6,12-13H2,1-2H3/t11-/m1/s1. The molecule has 5 N–H and O–H groups in total. The lowest BCUT2D eigenvalue weighted by atomic mass is 9.97. The summed E-state index contributed by atoms with van der Waals surface area (Å²) < 4.78 is 0. The minimum Gasteiger partial charge on any atom is -0.398 e. The summed E-state index contributed by atoms with van der Waals surface area (Å²) >= 11 is 0. The normalized spacial score (nSPS) is 13.2. The summed E-state index contributed by atoms with van der Waals surface area (Å²) in [5.41, 5.74) is 14.2. The van der Waals surface area contributed by atoms with Crippen LogP contribution in [-0.4, -0.2) is 11.7 Å². The Morgan fingerprint density at radius 2 is 2.00 bits per heavy atom. The van der Waals surface area contributed by atoms with Crippen molar-refractivity contribution < 1.29 is 5.11 Å². The molecule has 0 aliphatic carbocycles. The zero-order valence-electron chi connectivity index (χ0n) is 8.70. The second-order valence-corrected chi connectivity index (χ2v) is 3.83. The highest BCUT2D eigenvalue weighted by Gasteiger charge is 2.10. The lowest BCUT2D eigenvalue weighted by Crippen LogP contribution is -2.16. The van der Waals surface area contributed by atoms with Crippen LogP contribution in [0.2, 0.25) is 0 Å². The van der Waals surface area contributed by atoms with E-state index in [2.05, 4.69) is 13.8 Å². The van der Waals surface area contributed by atoms with Gasteiger partial charge in [-0.05, 0) is 23.1 Å². The molecule has 1 atom stereocenters. The van der Waals surface area contributed by atoms with Crippen LogP contribution in [0.4, 0.5) is 5.69 Å². The Labute approximate surface area is 84.7 Å². The number of aliphatic hydroxyl groups excluding tert-OH is 1. The highest BCUT2D eigenvalue weighted by Crippen LogP contribution is 2.24. The van der Waals surface area contributed by atoms with Gasteiger partial charge in [-0.2, -0.15) is 0 Å². The SMILES string of the molecule is CC(C)c1ccc(N)c([C@H](N)CO)c1. The van der Waals surface area contributed by atoms with Crippen molar-refractivity contribution in [3.8, 4) is 0 Å². The average molecular weight is 194 g/mol. The lowest BCUT2D eigenvalue weighted by Gasteiger charge is -2.14. The van der Waals surface area contributed by atoms with Crippen molar-refractivity contribution in [2.24, 2.45) is 5.73 Å². The van der Waals surface area contributed by atoms with Crippen molar-refractivity contribution >= 4 is 5.69 Å².